The molecule has 0 saturated carbocycles. The van der Waals surface area contributed by atoms with E-state index in [2.05, 4.69) is 83.3 Å². The van der Waals surface area contributed by atoms with Gasteiger partial charge in [-0.3, -0.25) is 10.0 Å². The van der Waals surface area contributed by atoms with Crippen molar-refractivity contribution < 1.29 is 14.6 Å². The molecule has 1 aromatic heterocycles. The highest BCUT2D eigenvalue weighted by atomic mass is 32.1. The van der Waals surface area contributed by atoms with Gasteiger partial charge in [-0.05, 0) is 54.8 Å². The number of amides is 1. The summed E-state index contributed by atoms with van der Waals surface area (Å²) >= 11 is 1.73. The number of allylic oxidation sites excluding steroid dienone is 3. The van der Waals surface area contributed by atoms with E-state index < -0.39 is 6.09 Å². The molecule has 4 heterocycles. The Morgan fingerprint density at radius 1 is 1.16 bits per heavy atom. The van der Waals surface area contributed by atoms with Crippen molar-refractivity contribution in [3.8, 4) is 10.4 Å². The number of hydrazine groups is 2. The molecule has 0 unspecified atom stereocenters. The Balaban J connectivity index is 1.33. The minimum atomic E-state index is -0.934. The lowest BCUT2D eigenvalue weighted by Gasteiger charge is -2.39. The number of fused-ring (bicyclic) bond motifs is 1. The van der Waals surface area contributed by atoms with E-state index in [0.29, 0.717) is 6.54 Å². The van der Waals surface area contributed by atoms with Gasteiger partial charge in [0.25, 0.3) is 0 Å². The van der Waals surface area contributed by atoms with Crippen LogP contribution in [0.25, 0.3) is 10.4 Å². The molecule has 5 rings (SSSR count). The summed E-state index contributed by atoms with van der Waals surface area (Å²) in [5, 5.41) is 15.9. The van der Waals surface area contributed by atoms with Gasteiger partial charge in [-0.1, -0.05) is 24.3 Å². The minimum Gasteiger partial charge on any atom is -0.465 e. The lowest BCUT2D eigenvalue weighted by molar-refractivity contribution is -0.0410. The smallest absolute Gasteiger partial charge is 0.407 e. The van der Waals surface area contributed by atoms with Crippen LogP contribution in [-0.2, 0) is 11.3 Å². The summed E-state index contributed by atoms with van der Waals surface area (Å²) in [5.41, 5.74) is 9.28. The molecular formula is C28H33N5O3S. The average Bonchev–Trinajstić information content (AvgIpc) is 3.41. The Morgan fingerprint density at radius 2 is 1.95 bits per heavy atom. The van der Waals surface area contributed by atoms with Crippen LogP contribution in [0.5, 0.6) is 0 Å². The fraction of sp³-hybridized carbons (Fsp3) is 0.321. The number of ether oxygens (including phenoxy) is 1. The van der Waals surface area contributed by atoms with Crippen LogP contribution in [0.4, 0.5) is 4.79 Å². The van der Waals surface area contributed by atoms with Gasteiger partial charge < -0.3 is 14.7 Å². The lowest BCUT2D eigenvalue weighted by Crippen LogP contribution is -2.46. The van der Waals surface area contributed by atoms with Gasteiger partial charge >= 0.3 is 6.09 Å². The summed E-state index contributed by atoms with van der Waals surface area (Å²) < 4.78 is 5.52. The molecule has 3 aliphatic heterocycles. The van der Waals surface area contributed by atoms with Crippen LogP contribution < -0.4 is 5.43 Å². The molecular weight excluding hydrogens is 486 g/mol. The summed E-state index contributed by atoms with van der Waals surface area (Å²) in [5.74, 6) is 0. The van der Waals surface area contributed by atoms with E-state index in [1.54, 1.807) is 18.4 Å². The van der Waals surface area contributed by atoms with E-state index in [4.69, 9.17) is 4.74 Å². The molecule has 1 atom stereocenters. The largest absolute Gasteiger partial charge is 0.465 e. The van der Waals surface area contributed by atoms with Crippen LogP contribution >= 0.6 is 11.3 Å². The Bertz CT molecular complexity index is 1270. The number of carboxylic acid groups (broad SMARTS) is 1. The maximum absolute atomic E-state index is 11.4. The molecule has 1 fully saturated rings. The Labute approximate surface area is 222 Å². The van der Waals surface area contributed by atoms with Gasteiger partial charge in [-0.25, -0.2) is 15.2 Å². The Kier molecular flexibility index (Phi) is 7.48. The number of nitrogens with one attached hydrogen (secondary N) is 1. The van der Waals surface area contributed by atoms with Crippen molar-refractivity contribution in [3.05, 3.63) is 94.4 Å². The van der Waals surface area contributed by atoms with Crippen molar-refractivity contribution in [1.29, 1.82) is 0 Å². The molecule has 2 N–H and O–H groups in total. The van der Waals surface area contributed by atoms with Crippen molar-refractivity contribution >= 4 is 17.4 Å². The third kappa shape index (κ3) is 5.50. The van der Waals surface area contributed by atoms with Crippen LogP contribution in [0, 0.1) is 0 Å². The Hall–Kier alpha value is -3.37. The van der Waals surface area contributed by atoms with Crippen LogP contribution in [0.1, 0.15) is 30.3 Å². The number of nitrogens with zero attached hydrogens (tertiary/aromatic N) is 4. The van der Waals surface area contributed by atoms with E-state index in [-0.39, 0.29) is 6.04 Å². The maximum atomic E-state index is 11.4. The van der Waals surface area contributed by atoms with Gasteiger partial charge in [0.05, 0.1) is 25.0 Å². The number of hydrogen-bond donors (Lipinski definition) is 2. The molecule has 3 aliphatic rings. The number of rotatable bonds is 7. The summed E-state index contributed by atoms with van der Waals surface area (Å²) in [4.78, 5) is 15.0. The molecule has 8 nitrogen and oxygen atoms in total. The van der Waals surface area contributed by atoms with Gasteiger partial charge in [-0.2, -0.15) is 0 Å². The van der Waals surface area contributed by atoms with E-state index in [9.17, 15) is 9.90 Å². The molecule has 194 valence electrons. The normalized spacial score (nSPS) is 18.6. The van der Waals surface area contributed by atoms with Crippen molar-refractivity contribution in [2.24, 2.45) is 0 Å². The summed E-state index contributed by atoms with van der Waals surface area (Å²) in [6.07, 6.45) is 9.77. The molecule has 37 heavy (non-hydrogen) atoms. The van der Waals surface area contributed by atoms with E-state index >= 15 is 0 Å². The highest BCUT2D eigenvalue weighted by Crippen LogP contribution is 2.35. The molecule has 9 heteroatoms. The zero-order valence-electron chi connectivity index (χ0n) is 21.4. The second-order valence-corrected chi connectivity index (χ2v) is 10.5. The van der Waals surface area contributed by atoms with Gasteiger partial charge in [0.1, 0.15) is 0 Å². The molecule has 1 aromatic carbocycles. The third-order valence-corrected chi connectivity index (χ3v) is 8.10. The lowest BCUT2D eigenvalue weighted by atomic mass is 10.0. The molecule has 0 radical (unpaired) electrons. The molecule has 1 saturated heterocycles. The first-order chi connectivity index (χ1) is 17.9. The Morgan fingerprint density at radius 3 is 2.73 bits per heavy atom. The predicted octanol–water partition coefficient (Wildman–Crippen LogP) is 5.15. The predicted molar refractivity (Wildman–Crippen MR) is 146 cm³/mol. The standard InChI is InChI=1S/C28H33N5O3S/c1-20-10-13-33(25-19-32(12-11-23(20)25)31-14-16-36-17-15-31)29-21(2)26-8-9-27(37-26)24-7-5-4-6-22(24)18-30(3)28(34)35/h4-13,19,21,29H,14-18H2,1-3H3,(H,34,35)/t21-/m1/s1. The summed E-state index contributed by atoms with van der Waals surface area (Å²) in [6, 6.07) is 12.4. The number of hydrogen-bond acceptors (Lipinski definition) is 7. The number of thiophene rings is 1. The van der Waals surface area contributed by atoms with Crippen LogP contribution in [0.2, 0.25) is 0 Å². The highest BCUT2D eigenvalue weighted by molar-refractivity contribution is 7.15. The first kappa shape index (κ1) is 25.3. The van der Waals surface area contributed by atoms with Gasteiger partial charge in [0, 0.05) is 60.6 Å². The minimum absolute atomic E-state index is 0.0700. The number of morpholine rings is 1. The fourth-order valence-electron chi connectivity index (χ4n) is 4.65. The molecule has 0 bridgehead atoms. The van der Waals surface area contributed by atoms with E-state index in [1.165, 1.54) is 20.9 Å². The summed E-state index contributed by atoms with van der Waals surface area (Å²) in [6.45, 7) is 7.87. The second kappa shape index (κ2) is 10.9. The highest BCUT2D eigenvalue weighted by Gasteiger charge is 2.25. The summed E-state index contributed by atoms with van der Waals surface area (Å²) in [7, 11) is 1.59. The molecule has 0 aliphatic carbocycles. The second-order valence-electron chi connectivity index (χ2n) is 9.41. The quantitative estimate of drug-likeness (QED) is 0.524. The van der Waals surface area contributed by atoms with Crippen molar-refractivity contribution in [1.82, 2.24) is 25.4 Å². The van der Waals surface area contributed by atoms with Crippen molar-refractivity contribution in [2.45, 2.75) is 26.4 Å². The van der Waals surface area contributed by atoms with Crippen molar-refractivity contribution in [2.75, 3.05) is 33.4 Å². The first-order valence-electron chi connectivity index (χ1n) is 12.5. The number of carbonyl (C=O) groups is 1. The van der Waals surface area contributed by atoms with Crippen LogP contribution in [-0.4, -0.2) is 64.5 Å². The number of benzene rings is 1. The zero-order chi connectivity index (χ0) is 25.9. The topological polar surface area (TPSA) is 71.5 Å². The van der Waals surface area contributed by atoms with Crippen molar-refractivity contribution in [3.63, 3.8) is 0 Å². The maximum Gasteiger partial charge on any atom is 0.407 e. The zero-order valence-corrected chi connectivity index (χ0v) is 22.2. The average molecular weight is 520 g/mol. The van der Waals surface area contributed by atoms with E-state index in [0.717, 1.165) is 48.0 Å². The molecule has 0 spiro atoms. The molecule has 1 amide bonds. The first-order valence-corrected chi connectivity index (χ1v) is 13.3. The monoisotopic (exact) mass is 519 g/mol. The van der Waals surface area contributed by atoms with Gasteiger partial charge in [-0.15, -0.1) is 11.3 Å². The SMILES string of the molecule is CC1=C2C=CN(N3CCOCC3)C=C2N(N[C@H](C)c2ccc(-c3ccccc3CN(C)C(=O)O)s2)C=C1. The van der Waals surface area contributed by atoms with Crippen LogP contribution in [0.15, 0.2) is 84.0 Å². The van der Waals surface area contributed by atoms with Gasteiger partial charge in [0.2, 0.25) is 0 Å². The fourth-order valence-corrected chi connectivity index (χ4v) is 5.72. The van der Waals surface area contributed by atoms with Crippen LogP contribution in [0.3, 0.4) is 0 Å². The molecule has 2 aromatic rings. The van der Waals surface area contributed by atoms with E-state index in [1.807, 2.05) is 18.2 Å². The van der Waals surface area contributed by atoms with Gasteiger partial charge in [0.15, 0.2) is 0 Å². The third-order valence-electron chi connectivity index (χ3n) is 6.80.